The van der Waals surface area contributed by atoms with Crippen molar-refractivity contribution in [2.75, 3.05) is 13.2 Å². The molecule has 2 aromatic carbocycles. The topological polar surface area (TPSA) is 55.5 Å². The van der Waals surface area contributed by atoms with E-state index in [0.29, 0.717) is 0 Å². The Balaban J connectivity index is 2.17. The van der Waals surface area contributed by atoms with Gasteiger partial charge in [-0.15, -0.1) is 0 Å². The van der Waals surface area contributed by atoms with Crippen molar-refractivity contribution in [1.82, 2.24) is 0 Å². The van der Waals surface area contributed by atoms with E-state index in [-0.39, 0.29) is 13.2 Å². The second-order valence-corrected chi connectivity index (χ2v) is 4.77. The lowest BCUT2D eigenvalue weighted by Gasteiger charge is -2.10. The molecule has 90 valence electrons. The van der Waals surface area contributed by atoms with Crippen molar-refractivity contribution in [2.24, 2.45) is 5.73 Å². The molecule has 0 amide bonds. The first kappa shape index (κ1) is 12.4. The van der Waals surface area contributed by atoms with Crippen molar-refractivity contribution >= 4 is 26.7 Å². The molecule has 0 aliphatic rings. The maximum atomic E-state index is 9.31. The molecular formula is C13H14BrNO2. The average Bonchev–Trinajstić information content (AvgIpc) is 2.35. The Morgan fingerprint density at radius 1 is 1.18 bits per heavy atom. The average molecular weight is 296 g/mol. The van der Waals surface area contributed by atoms with E-state index in [4.69, 9.17) is 10.5 Å². The molecule has 1 atom stereocenters. The zero-order chi connectivity index (χ0) is 12.3. The molecule has 0 fully saturated rings. The molecule has 0 bridgehead atoms. The van der Waals surface area contributed by atoms with Crippen LogP contribution >= 0.6 is 15.9 Å². The Kier molecular flexibility index (Phi) is 3.99. The fourth-order valence-corrected chi connectivity index (χ4v) is 1.92. The number of nitrogens with two attached hydrogens (primary N) is 1. The predicted octanol–water partition coefficient (Wildman–Crippen LogP) is 2.30. The molecule has 0 aliphatic heterocycles. The highest BCUT2D eigenvalue weighted by molar-refractivity contribution is 9.10. The van der Waals surface area contributed by atoms with E-state index >= 15 is 0 Å². The van der Waals surface area contributed by atoms with Crippen LogP contribution in [0.3, 0.4) is 0 Å². The maximum Gasteiger partial charge on any atom is 0.120 e. The van der Waals surface area contributed by atoms with Crippen molar-refractivity contribution in [3.05, 3.63) is 40.9 Å². The van der Waals surface area contributed by atoms with Gasteiger partial charge in [-0.25, -0.2) is 0 Å². The van der Waals surface area contributed by atoms with Crippen LogP contribution in [0.5, 0.6) is 5.75 Å². The molecule has 0 saturated carbocycles. The third-order valence-corrected chi connectivity index (χ3v) is 2.98. The van der Waals surface area contributed by atoms with Gasteiger partial charge in [0.15, 0.2) is 0 Å². The van der Waals surface area contributed by atoms with Crippen LogP contribution in [0.1, 0.15) is 0 Å². The van der Waals surface area contributed by atoms with E-state index in [9.17, 15) is 5.11 Å². The minimum absolute atomic E-state index is 0.209. The van der Waals surface area contributed by atoms with Crippen LogP contribution in [-0.4, -0.2) is 24.4 Å². The van der Waals surface area contributed by atoms with Gasteiger partial charge < -0.3 is 15.6 Å². The van der Waals surface area contributed by atoms with Crippen LogP contribution in [0.2, 0.25) is 0 Å². The van der Waals surface area contributed by atoms with E-state index in [0.717, 1.165) is 21.0 Å². The SMILES string of the molecule is NCC(O)COc1ccc2cc(Br)ccc2c1. The lowest BCUT2D eigenvalue weighted by atomic mass is 10.1. The molecule has 0 heterocycles. The Morgan fingerprint density at radius 2 is 1.88 bits per heavy atom. The van der Waals surface area contributed by atoms with Gasteiger partial charge in [0.05, 0.1) is 0 Å². The smallest absolute Gasteiger partial charge is 0.120 e. The summed E-state index contributed by atoms with van der Waals surface area (Å²) in [4.78, 5) is 0. The highest BCUT2D eigenvalue weighted by Gasteiger charge is 2.03. The minimum Gasteiger partial charge on any atom is -0.491 e. The van der Waals surface area contributed by atoms with E-state index < -0.39 is 6.10 Å². The zero-order valence-corrected chi connectivity index (χ0v) is 10.9. The number of hydrogen-bond acceptors (Lipinski definition) is 3. The quantitative estimate of drug-likeness (QED) is 0.910. The van der Waals surface area contributed by atoms with E-state index in [1.165, 1.54) is 0 Å². The summed E-state index contributed by atoms with van der Waals surface area (Å²) in [6.45, 7) is 0.430. The van der Waals surface area contributed by atoms with Crippen LogP contribution in [0, 0.1) is 0 Å². The van der Waals surface area contributed by atoms with E-state index in [1.807, 2.05) is 36.4 Å². The molecule has 3 N–H and O–H groups in total. The maximum absolute atomic E-state index is 9.31. The lowest BCUT2D eigenvalue weighted by Crippen LogP contribution is -2.26. The molecule has 0 spiro atoms. The summed E-state index contributed by atoms with van der Waals surface area (Å²) in [7, 11) is 0. The first-order chi connectivity index (χ1) is 8.19. The Bertz CT molecular complexity index is 516. The molecule has 0 saturated heterocycles. The Hall–Kier alpha value is -1.10. The zero-order valence-electron chi connectivity index (χ0n) is 9.27. The summed E-state index contributed by atoms with van der Waals surface area (Å²) >= 11 is 3.43. The van der Waals surface area contributed by atoms with Crippen molar-refractivity contribution in [2.45, 2.75) is 6.10 Å². The monoisotopic (exact) mass is 295 g/mol. The number of hydrogen-bond donors (Lipinski definition) is 2. The van der Waals surface area contributed by atoms with Crippen LogP contribution in [-0.2, 0) is 0 Å². The fourth-order valence-electron chi connectivity index (χ4n) is 1.54. The third-order valence-electron chi connectivity index (χ3n) is 2.49. The summed E-state index contributed by atoms with van der Waals surface area (Å²) in [5, 5.41) is 11.6. The van der Waals surface area contributed by atoms with E-state index in [1.54, 1.807) is 0 Å². The van der Waals surface area contributed by atoms with Gasteiger partial charge >= 0.3 is 0 Å². The summed E-state index contributed by atoms with van der Waals surface area (Å²) < 4.78 is 6.51. The Labute approximate surface area is 108 Å². The summed E-state index contributed by atoms with van der Waals surface area (Å²) in [6.07, 6.45) is -0.615. The van der Waals surface area contributed by atoms with Crippen molar-refractivity contribution in [1.29, 1.82) is 0 Å². The second kappa shape index (κ2) is 5.49. The second-order valence-electron chi connectivity index (χ2n) is 3.85. The molecule has 1 unspecified atom stereocenters. The van der Waals surface area contributed by atoms with Gasteiger partial charge in [-0.2, -0.15) is 0 Å². The summed E-state index contributed by atoms with van der Waals surface area (Å²) in [5.41, 5.74) is 5.31. The molecule has 4 heteroatoms. The molecule has 2 rings (SSSR count). The van der Waals surface area contributed by atoms with Crippen LogP contribution in [0.4, 0.5) is 0 Å². The Morgan fingerprint density at radius 3 is 2.65 bits per heavy atom. The van der Waals surface area contributed by atoms with Gasteiger partial charge in [0.2, 0.25) is 0 Å². The third kappa shape index (κ3) is 3.19. The van der Waals surface area contributed by atoms with Gasteiger partial charge in [0.1, 0.15) is 18.5 Å². The van der Waals surface area contributed by atoms with Crippen molar-refractivity contribution in [3.63, 3.8) is 0 Å². The fraction of sp³-hybridized carbons (Fsp3) is 0.231. The summed E-state index contributed by atoms with van der Waals surface area (Å²) in [5.74, 6) is 0.743. The number of halogens is 1. The minimum atomic E-state index is -0.615. The molecule has 17 heavy (non-hydrogen) atoms. The number of benzene rings is 2. The van der Waals surface area contributed by atoms with Crippen LogP contribution < -0.4 is 10.5 Å². The van der Waals surface area contributed by atoms with E-state index in [2.05, 4.69) is 15.9 Å². The molecule has 0 aromatic heterocycles. The number of fused-ring (bicyclic) bond motifs is 1. The number of aliphatic hydroxyl groups excluding tert-OH is 1. The van der Waals surface area contributed by atoms with Gasteiger partial charge in [0, 0.05) is 11.0 Å². The molecule has 0 radical (unpaired) electrons. The lowest BCUT2D eigenvalue weighted by molar-refractivity contribution is 0.114. The largest absolute Gasteiger partial charge is 0.491 e. The first-order valence-electron chi connectivity index (χ1n) is 5.39. The number of rotatable bonds is 4. The normalized spacial score (nSPS) is 12.6. The first-order valence-corrected chi connectivity index (χ1v) is 6.18. The highest BCUT2D eigenvalue weighted by atomic mass is 79.9. The standard InChI is InChI=1S/C13H14BrNO2/c14-11-3-1-10-6-13(4-2-9(10)5-11)17-8-12(16)7-15/h1-6,12,16H,7-8,15H2. The van der Waals surface area contributed by atoms with Gasteiger partial charge in [-0.05, 0) is 35.0 Å². The molecule has 2 aromatic rings. The van der Waals surface area contributed by atoms with Gasteiger partial charge in [0.25, 0.3) is 0 Å². The van der Waals surface area contributed by atoms with Crippen molar-refractivity contribution in [3.8, 4) is 5.75 Å². The van der Waals surface area contributed by atoms with Crippen molar-refractivity contribution < 1.29 is 9.84 Å². The number of ether oxygens (including phenoxy) is 1. The van der Waals surface area contributed by atoms with Gasteiger partial charge in [-0.3, -0.25) is 0 Å². The molecule has 0 aliphatic carbocycles. The van der Waals surface area contributed by atoms with Crippen LogP contribution in [0.15, 0.2) is 40.9 Å². The van der Waals surface area contributed by atoms with Gasteiger partial charge in [-0.1, -0.05) is 28.1 Å². The van der Waals surface area contributed by atoms with Crippen LogP contribution in [0.25, 0.3) is 10.8 Å². The molecular weight excluding hydrogens is 282 g/mol. The highest BCUT2D eigenvalue weighted by Crippen LogP contribution is 2.24. The predicted molar refractivity (Wildman–Crippen MR) is 72.2 cm³/mol. The summed E-state index contributed by atoms with van der Waals surface area (Å²) in [6, 6.07) is 11.9. The number of aliphatic hydroxyl groups is 1. The molecule has 3 nitrogen and oxygen atoms in total.